The maximum absolute atomic E-state index is 12.9. The number of benzene rings is 2. The van der Waals surface area contributed by atoms with E-state index in [4.69, 9.17) is 9.47 Å². The molecule has 30 heavy (non-hydrogen) atoms. The standard InChI is InChI=1S/C24H30N2O4/c1-24(2,3)30-23(28)26-15-14-25(16-18-8-6-5-7-9-18)17-21(26)19-10-12-20(13-11-19)22(27)29-4/h5-13,21H,14-17H2,1-4H3. The molecule has 2 aromatic rings. The average molecular weight is 411 g/mol. The second-order valence-corrected chi connectivity index (χ2v) is 8.52. The minimum atomic E-state index is -0.558. The van der Waals surface area contributed by atoms with E-state index in [1.165, 1.54) is 12.7 Å². The molecule has 1 atom stereocenters. The summed E-state index contributed by atoms with van der Waals surface area (Å²) in [6, 6.07) is 17.4. The molecule has 1 heterocycles. The Balaban J connectivity index is 1.82. The van der Waals surface area contributed by atoms with Crippen LogP contribution < -0.4 is 0 Å². The van der Waals surface area contributed by atoms with Gasteiger partial charge in [-0.05, 0) is 44.0 Å². The predicted octanol–water partition coefficient (Wildman–Crippen LogP) is 4.27. The summed E-state index contributed by atoms with van der Waals surface area (Å²) in [7, 11) is 1.36. The van der Waals surface area contributed by atoms with E-state index in [2.05, 4.69) is 17.0 Å². The summed E-state index contributed by atoms with van der Waals surface area (Å²) < 4.78 is 10.4. The van der Waals surface area contributed by atoms with Gasteiger partial charge in [0.2, 0.25) is 0 Å². The van der Waals surface area contributed by atoms with Crippen LogP contribution in [0, 0.1) is 0 Å². The highest BCUT2D eigenvalue weighted by molar-refractivity contribution is 5.89. The molecule has 0 aliphatic carbocycles. The molecule has 0 aromatic heterocycles. The van der Waals surface area contributed by atoms with Crippen LogP contribution in [0.4, 0.5) is 4.79 Å². The van der Waals surface area contributed by atoms with Gasteiger partial charge in [0.05, 0.1) is 18.7 Å². The minimum absolute atomic E-state index is 0.163. The fourth-order valence-electron chi connectivity index (χ4n) is 3.61. The normalized spacial score (nSPS) is 17.5. The van der Waals surface area contributed by atoms with Crippen molar-refractivity contribution < 1.29 is 19.1 Å². The lowest BCUT2D eigenvalue weighted by Gasteiger charge is -2.42. The van der Waals surface area contributed by atoms with Gasteiger partial charge in [-0.3, -0.25) is 9.80 Å². The molecule has 0 saturated carbocycles. The molecule has 1 unspecified atom stereocenters. The van der Waals surface area contributed by atoms with E-state index >= 15 is 0 Å². The summed E-state index contributed by atoms with van der Waals surface area (Å²) in [6.45, 7) is 8.46. The third-order valence-corrected chi connectivity index (χ3v) is 5.06. The number of carbonyl (C=O) groups excluding carboxylic acids is 2. The highest BCUT2D eigenvalue weighted by atomic mass is 16.6. The fraction of sp³-hybridized carbons (Fsp3) is 0.417. The first-order valence-corrected chi connectivity index (χ1v) is 10.2. The Morgan fingerprint density at radius 1 is 1.00 bits per heavy atom. The molecule has 1 aliphatic heterocycles. The van der Waals surface area contributed by atoms with Crippen LogP contribution in [-0.4, -0.2) is 54.2 Å². The lowest BCUT2D eigenvalue weighted by Crippen LogP contribution is -2.51. The average Bonchev–Trinajstić information content (AvgIpc) is 2.72. The largest absolute Gasteiger partial charge is 0.465 e. The van der Waals surface area contributed by atoms with Crippen molar-refractivity contribution in [2.45, 2.75) is 39.0 Å². The first-order valence-electron chi connectivity index (χ1n) is 10.2. The zero-order valence-corrected chi connectivity index (χ0v) is 18.1. The van der Waals surface area contributed by atoms with Gasteiger partial charge in [0, 0.05) is 26.2 Å². The van der Waals surface area contributed by atoms with E-state index in [9.17, 15) is 9.59 Å². The second kappa shape index (κ2) is 9.30. The first kappa shape index (κ1) is 21.8. The topological polar surface area (TPSA) is 59.1 Å². The van der Waals surface area contributed by atoms with Crippen LogP contribution in [0.1, 0.15) is 48.3 Å². The van der Waals surface area contributed by atoms with Crippen LogP contribution in [0.25, 0.3) is 0 Å². The number of hydrogen-bond acceptors (Lipinski definition) is 5. The number of ether oxygens (including phenoxy) is 2. The summed E-state index contributed by atoms with van der Waals surface area (Å²) in [5.41, 5.74) is 2.13. The van der Waals surface area contributed by atoms with Crippen molar-refractivity contribution in [2.75, 3.05) is 26.7 Å². The molecular weight excluding hydrogens is 380 g/mol. The number of methoxy groups -OCH3 is 1. The molecule has 1 saturated heterocycles. The second-order valence-electron chi connectivity index (χ2n) is 8.52. The Bertz CT molecular complexity index is 859. The van der Waals surface area contributed by atoms with Crippen LogP contribution in [0.15, 0.2) is 54.6 Å². The molecule has 0 N–H and O–H groups in total. The monoisotopic (exact) mass is 410 g/mol. The predicted molar refractivity (Wildman–Crippen MR) is 115 cm³/mol. The molecule has 0 bridgehead atoms. The molecule has 1 fully saturated rings. The zero-order chi connectivity index (χ0) is 21.7. The number of esters is 1. The van der Waals surface area contributed by atoms with Gasteiger partial charge in [0.15, 0.2) is 0 Å². The molecule has 3 rings (SSSR count). The van der Waals surface area contributed by atoms with Gasteiger partial charge in [0.1, 0.15) is 5.60 Å². The lowest BCUT2D eigenvalue weighted by atomic mass is 10.0. The van der Waals surface area contributed by atoms with Crippen LogP contribution in [0.5, 0.6) is 0 Å². The molecule has 0 spiro atoms. The molecule has 2 aromatic carbocycles. The Morgan fingerprint density at radius 2 is 1.67 bits per heavy atom. The van der Waals surface area contributed by atoms with E-state index < -0.39 is 5.60 Å². The first-order chi connectivity index (χ1) is 14.3. The van der Waals surface area contributed by atoms with Crippen LogP contribution in [0.3, 0.4) is 0 Å². The van der Waals surface area contributed by atoms with Gasteiger partial charge >= 0.3 is 12.1 Å². The highest BCUT2D eigenvalue weighted by Gasteiger charge is 2.34. The smallest absolute Gasteiger partial charge is 0.410 e. The van der Waals surface area contributed by atoms with Gasteiger partial charge in [-0.2, -0.15) is 0 Å². The Kier molecular flexibility index (Phi) is 6.77. The van der Waals surface area contributed by atoms with Gasteiger partial charge in [0.25, 0.3) is 0 Å². The van der Waals surface area contributed by atoms with Crippen LogP contribution in [-0.2, 0) is 16.0 Å². The quantitative estimate of drug-likeness (QED) is 0.705. The van der Waals surface area contributed by atoms with E-state index in [0.717, 1.165) is 18.7 Å². The molecule has 1 amide bonds. The molecule has 6 nitrogen and oxygen atoms in total. The zero-order valence-electron chi connectivity index (χ0n) is 18.1. The van der Waals surface area contributed by atoms with Crippen molar-refractivity contribution in [2.24, 2.45) is 0 Å². The van der Waals surface area contributed by atoms with Crippen molar-refractivity contribution >= 4 is 12.1 Å². The molecule has 1 aliphatic rings. The molecular formula is C24H30N2O4. The van der Waals surface area contributed by atoms with Gasteiger partial charge in [-0.15, -0.1) is 0 Å². The number of piperazine rings is 1. The lowest BCUT2D eigenvalue weighted by molar-refractivity contribution is -0.00301. The number of carbonyl (C=O) groups is 2. The summed E-state index contributed by atoms with van der Waals surface area (Å²) >= 11 is 0. The van der Waals surface area contributed by atoms with Gasteiger partial charge in [-0.25, -0.2) is 9.59 Å². The van der Waals surface area contributed by atoms with E-state index in [0.29, 0.717) is 18.7 Å². The summed E-state index contributed by atoms with van der Waals surface area (Å²) in [5, 5.41) is 0. The number of amides is 1. The molecule has 0 radical (unpaired) electrons. The van der Waals surface area contributed by atoms with E-state index in [1.807, 2.05) is 51.1 Å². The number of rotatable bonds is 4. The van der Waals surface area contributed by atoms with Gasteiger partial charge < -0.3 is 9.47 Å². The van der Waals surface area contributed by atoms with Crippen molar-refractivity contribution in [1.29, 1.82) is 0 Å². The minimum Gasteiger partial charge on any atom is -0.465 e. The summed E-state index contributed by atoms with van der Waals surface area (Å²) in [6.07, 6.45) is -0.316. The maximum atomic E-state index is 12.9. The number of hydrogen-bond donors (Lipinski definition) is 0. The van der Waals surface area contributed by atoms with Crippen LogP contribution in [0.2, 0.25) is 0 Å². The third-order valence-electron chi connectivity index (χ3n) is 5.06. The number of nitrogens with zero attached hydrogens (tertiary/aromatic N) is 2. The van der Waals surface area contributed by atoms with Crippen molar-refractivity contribution in [3.05, 3.63) is 71.3 Å². The SMILES string of the molecule is COC(=O)c1ccc(C2CN(Cc3ccccc3)CCN2C(=O)OC(C)(C)C)cc1. The van der Waals surface area contributed by atoms with Gasteiger partial charge in [-0.1, -0.05) is 42.5 Å². The highest BCUT2D eigenvalue weighted by Crippen LogP contribution is 2.28. The third kappa shape index (κ3) is 5.60. The summed E-state index contributed by atoms with van der Waals surface area (Å²) in [4.78, 5) is 28.8. The van der Waals surface area contributed by atoms with E-state index in [1.54, 1.807) is 17.0 Å². The summed E-state index contributed by atoms with van der Waals surface area (Å²) in [5.74, 6) is -0.375. The molecule has 160 valence electrons. The maximum Gasteiger partial charge on any atom is 0.410 e. The Labute approximate surface area is 178 Å². The fourth-order valence-corrected chi connectivity index (χ4v) is 3.61. The van der Waals surface area contributed by atoms with Crippen molar-refractivity contribution in [3.8, 4) is 0 Å². The molecule has 6 heteroatoms. The Morgan fingerprint density at radius 3 is 2.27 bits per heavy atom. The van der Waals surface area contributed by atoms with Crippen LogP contribution >= 0.6 is 0 Å². The van der Waals surface area contributed by atoms with Crippen molar-refractivity contribution in [1.82, 2.24) is 9.80 Å². The Hall–Kier alpha value is -2.86. The van der Waals surface area contributed by atoms with Crippen molar-refractivity contribution in [3.63, 3.8) is 0 Å². The van der Waals surface area contributed by atoms with E-state index in [-0.39, 0.29) is 18.1 Å².